The monoisotopic (exact) mass is 523 g/mol. The fourth-order valence-corrected chi connectivity index (χ4v) is 5.71. The summed E-state index contributed by atoms with van der Waals surface area (Å²) in [5.41, 5.74) is 8.06. The molecular formula is C32H33N3O4. The van der Waals surface area contributed by atoms with E-state index >= 15 is 0 Å². The van der Waals surface area contributed by atoms with Gasteiger partial charge < -0.3 is 14.6 Å². The van der Waals surface area contributed by atoms with Gasteiger partial charge in [0.2, 0.25) is 0 Å². The second kappa shape index (κ2) is 9.97. The summed E-state index contributed by atoms with van der Waals surface area (Å²) in [4.78, 5) is 22.4. The van der Waals surface area contributed by atoms with Crippen LogP contribution in [0.2, 0.25) is 0 Å². The number of aryl methyl sites for hydroxylation is 1. The molecule has 0 fully saturated rings. The van der Waals surface area contributed by atoms with E-state index in [0.29, 0.717) is 18.8 Å². The van der Waals surface area contributed by atoms with Crippen LogP contribution in [-0.2, 0) is 16.0 Å². The number of carboxylic acids is 1. The molecule has 0 unspecified atom stereocenters. The summed E-state index contributed by atoms with van der Waals surface area (Å²) in [6, 6.07) is 12.2. The molecule has 7 nitrogen and oxygen atoms in total. The van der Waals surface area contributed by atoms with E-state index in [9.17, 15) is 9.90 Å². The number of fused-ring (bicyclic) bond motifs is 3. The van der Waals surface area contributed by atoms with Crippen LogP contribution in [0.15, 0.2) is 48.8 Å². The highest BCUT2D eigenvalue weighted by atomic mass is 16.5. The van der Waals surface area contributed by atoms with Crippen LogP contribution < -0.4 is 4.74 Å². The number of carboxylic acid groups (broad SMARTS) is 1. The highest BCUT2D eigenvalue weighted by Gasteiger charge is 2.30. The van der Waals surface area contributed by atoms with E-state index in [0.717, 1.165) is 74.8 Å². The Hall–Kier alpha value is -3.97. The van der Waals surface area contributed by atoms with Crippen molar-refractivity contribution >= 4 is 33.4 Å². The molecule has 0 bridgehead atoms. The van der Waals surface area contributed by atoms with E-state index in [2.05, 4.69) is 43.5 Å². The summed E-state index contributed by atoms with van der Waals surface area (Å²) in [6.07, 6.45) is 5.33. The summed E-state index contributed by atoms with van der Waals surface area (Å²) < 4.78 is 14.2. The van der Waals surface area contributed by atoms with Gasteiger partial charge >= 0.3 is 5.97 Å². The Morgan fingerprint density at radius 3 is 2.82 bits per heavy atom. The Kier molecular flexibility index (Phi) is 6.47. The molecule has 7 heteroatoms. The van der Waals surface area contributed by atoms with Crippen LogP contribution >= 0.6 is 0 Å². The number of benzene rings is 2. The van der Waals surface area contributed by atoms with Crippen LogP contribution in [0.25, 0.3) is 38.6 Å². The van der Waals surface area contributed by atoms with Gasteiger partial charge in [0, 0.05) is 47.3 Å². The number of unbranched alkanes of at least 4 members (excludes halogenated alkanes) is 1. The molecule has 3 aromatic heterocycles. The van der Waals surface area contributed by atoms with Gasteiger partial charge in [0.25, 0.3) is 0 Å². The highest BCUT2D eigenvalue weighted by Crippen LogP contribution is 2.44. The number of nitrogens with zero attached hydrogens (tertiary/aromatic N) is 3. The summed E-state index contributed by atoms with van der Waals surface area (Å²) in [6.45, 7) is 9.31. The van der Waals surface area contributed by atoms with Crippen LogP contribution in [-0.4, -0.2) is 38.7 Å². The molecule has 39 heavy (non-hydrogen) atoms. The fourth-order valence-electron chi connectivity index (χ4n) is 5.71. The van der Waals surface area contributed by atoms with Crippen molar-refractivity contribution < 1.29 is 19.4 Å². The third kappa shape index (κ3) is 4.21. The van der Waals surface area contributed by atoms with Crippen LogP contribution in [0.3, 0.4) is 0 Å². The van der Waals surface area contributed by atoms with Crippen molar-refractivity contribution in [1.82, 2.24) is 14.4 Å². The standard InChI is InChI=1S/C32H33N3O4/c1-5-6-14-39-31(32(36)37)27-19(4)16-24-21(8-10-26-34-23(18(2)3)17-35(24)26)29(27)22-7-9-25-28-20(12-15-38-25)11-13-33-30(22)28/h7-11,13,16-18,31H,5-6,12,14-15H2,1-4H3,(H,36,37)/t31-/m1/s1. The molecule has 2 aromatic carbocycles. The van der Waals surface area contributed by atoms with Crippen molar-refractivity contribution in [3.05, 3.63) is 71.2 Å². The van der Waals surface area contributed by atoms with Crippen molar-refractivity contribution in [2.24, 2.45) is 0 Å². The number of rotatable bonds is 8. The molecule has 0 aliphatic carbocycles. The number of imidazole rings is 1. The molecule has 0 radical (unpaired) electrons. The predicted octanol–water partition coefficient (Wildman–Crippen LogP) is 7.01. The first-order valence-corrected chi connectivity index (χ1v) is 13.7. The molecule has 1 aliphatic rings. The number of pyridine rings is 2. The first-order chi connectivity index (χ1) is 18.9. The average Bonchev–Trinajstić information content (AvgIpc) is 3.37. The number of hydrogen-bond acceptors (Lipinski definition) is 5. The summed E-state index contributed by atoms with van der Waals surface area (Å²) in [7, 11) is 0. The van der Waals surface area contributed by atoms with E-state index < -0.39 is 12.1 Å². The molecule has 6 rings (SSSR count). The van der Waals surface area contributed by atoms with Crippen LogP contribution in [0.4, 0.5) is 0 Å². The molecular weight excluding hydrogens is 490 g/mol. The number of aromatic nitrogens is 3. The molecule has 0 saturated heterocycles. The summed E-state index contributed by atoms with van der Waals surface area (Å²) in [5.74, 6) is 0.0987. The zero-order valence-electron chi connectivity index (χ0n) is 22.8. The first kappa shape index (κ1) is 25.3. The maximum atomic E-state index is 12.7. The zero-order valence-corrected chi connectivity index (χ0v) is 22.8. The van der Waals surface area contributed by atoms with Gasteiger partial charge in [0.1, 0.15) is 11.4 Å². The van der Waals surface area contributed by atoms with Gasteiger partial charge in [-0.25, -0.2) is 9.78 Å². The Morgan fingerprint density at radius 1 is 1.21 bits per heavy atom. The molecule has 4 heterocycles. The smallest absolute Gasteiger partial charge is 0.337 e. The van der Waals surface area contributed by atoms with E-state index in [1.807, 2.05) is 37.4 Å². The van der Waals surface area contributed by atoms with Crippen LogP contribution in [0, 0.1) is 6.92 Å². The van der Waals surface area contributed by atoms with Crippen molar-refractivity contribution in [1.29, 1.82) is 0 Å². The zero-order chi connectivity index (χ0) is 27.3. The minimum Gasteiger partial charge on any atom is -0.493 e. The Labute approximate surface area is 227 Å². The van der Waals surface area contributed by atoms with Crippen molar-refractivity contribution in [3.63, 3.8) is 0 Å². The molecule has 1 aliphatic heterocycles. The Bertz CT molecular complexity index is 1730. The normalized spacial score (nSPS) is 13.9. The molecule has 200 valence electrons. The first-order valence-electron chi connectivity index (χ1n) is 13.7. The summed E-state index contributed by atoms with van der Waals surface area (Å²) in [5, 5.41) is 12.3. The second-order valence-electron chi connectivity index (χ2n) is 10.6. The van der Waals surface area contributed by atoms with Gasteiger partial charge in [0.05, 0.1) is 23.3 Å². The van der Waals surface area contributed by atoms with Gasteiger partial charge in [-0.05, 0) is 72.4 Å². The summed E-state index contributed by atoms with van der Waals surface area (Å²) >= 11 is 0. The minimum absolute atomic E-state index is 0.285. The van der Waals surface area contributed by atoms with Gasteiger partial charge in [-0.2, -0.15) is 0 Å². The number of carbonyl (C=O) groups is 1. The Balaban J connectivity index is 1.72. The largest absolute Gasteiger partial charge is 0.493 e. The molecule has 0 amide bonds. The predicted molar refractivity (Wildman–Crippen MR) is 153 cm³/mol. The third-order valence-electron chi connectivity index (χ3n) is 7.70. The highest BCUT2D eigenvalue weighted by molar-refractivity contribution is 6.08. The molecule has 1 N–H and O–H groups in total. The van der Waals surface area contributed by atoms with E-state index in [1.54, 1.807) is 0 Å². The van der Waals surface area contributed by atoms with Crippen molar-refractivity contribution in [2.75, 3.05) is 13.2 Å². The average molecular weight is 524 g/mol. The molecule has 1 atom stereocenters. The maximum absolute atomic E-state index is 12.7. The van der Waals surface area contributed by atoms with Gasteiger partial charge in [-0.15, -0.1) is 0 Å². The van der Waals surface area contributed by atoms with Crippen LogP contribution in [0.1, 0.15) is 68.0 Å². The lowest BCUT2D eigenvalue weighted by atomic mass is 9.86. The lowest BCUT2D eigenvalue weighted by molar-refractivity contribution is -0.151. The van der Waals surface area contributed by atoms with Gasteiger partial charge in [-0.3, -0.25) is 9.38 Å². The quantitative estimate of drug-likeness (QED) is 0.220. The minimum atomic E-state index is -1.11. The van der Waals surface area contributed by atoms with E-state index in [4.69, 9.17) is 19.4 Å². The third-order valence-corrected chi connectivity index (χ3v) is 7.70. The van der Waals surface area contributed by atoms with Crippen molar-refractivity contribution in [2.45, 2.75) is 59.0 Å². The maximum Gasteiger partial charge on any atom is 0.337 e. The molecule has 0 spiro atoms. The molecule has 0 saturated carbocycles. The van der Waals surface area contributed by atoms with Crippen molar-refractivity contribution in [3.8, 4) is 16.9 Å². The van der Waals surface area contributed by atoms with E-state index in [1.165, 1.54) is 5.56 Å². The second-order valence-corrected chi connectivity index (χ2v) is 10.6. The topological polar surface area (TPSA) is 86.0 Å². The van der Waals surface area contributed by atoms with Gasteiger partial charge in [0.15, 0.2) is 6.10 Å². The fraction of sp³-hybridized carbons (Fsp3) is 0.344. The number of ether oxygens (including phenoxy) is 2. The number of hydrogen-bond donors (Lipinski definition) is 1. The lowest BCUT2D eigenvalue weighted by Crippen LogP contribution is -2.19. The molecule has 5 aromatic rings. The van der Waals surface area contributed by atoms with E-state index in [-0.39, 0.29) is 5.92 Å². The van der Waals surface area contributed by atoms with Crippen LogP contribution in [0.5, 0.6) is 5.75 Å². The Morgan fingerprint density at radius 2 is 2.05 bits per heavy atom. The number of aliphatic carboxylic acids is 1. The van der Waals surface area contributed by atoms with Gasteiger partial charge in [-0.1, -0.05) is 27.2 Å². The SMILES string of the molecule is CCCCO[C@@H](C(=O)O)c1c(C)cc2c(ccc3nc(C(C)C)cn32)c1-c1ccc2c3c(ccnc13)CCO2. The lowest BCUT2D eigenvalue weighted by Gasteiger charge is -2.24.